The van der Waals surface area contributed by atoms with E-state index in [4.69, 9.17) is 4.18 Å². The Balaban J connectivity index is 2.96. The van der Waals surface area contributed by atoms with E-state index >= 15 is 0 Å². The molecule has 0 spiro atoms. The molecule has 8 heteroatoms. The summed E-state index contributed by atoms with van der Waals surface area (Å²) in [4.78, 5) is 0. The molecule has 0 aliphatic carbocycles. The van der Waals surface area contributed by atoms with Crippen molar-refractivity contribution in [1.82, 2.24) is 0 Å². The maximum Gasteiger partial charge on any atom is 0.309 e. The molecule has 0 amide bonds. The predicted molar refractivity (Wildman–Crippen MR) is 71.2 cm³/mol. The monoisotopic (exact) mass is 308 g/mol. The Morgan fingerprint density at radius 2 is 1.53 bits per heavy atom. The van der Waals surface area contributed by atoms with Crippen molar-refractivity contribution < 1.29 is 25.2 Å². The minimum Gasteiger partial charge on any atom is -0.379 e. The van der Waals surface area contributed by atoms with Gasteiger partial charge in [-0.15, -0.1) is 0 Å². The highest BCUT2D eigenvalue weighted by atomic mass is 32.2. The standard InChI is InChI=1S/C11H16O6S2/c1-3-4-9-19(14,15)17-11-8-6-5-7-10(11)16-18(2,12)13/h5-8H,3-4,9H2,1-2H3. The second kappa shape index (κ2) is 6.25. The summed E-state index contributed by atoms with van der Waals surface area (Å²) in [5.74, 6) is -0.412. The van der Waals surface area contributed by atoms with E-state index in [9.17, 15) is 16.8 Å². The first-order valence-corrected chi connectivity index (χ1v) is 9.03. The first-order chi connectivity index (χ1) is 8.73. The van der Waals surface area contributed by atoms with Crippen molar-refractivity contribution >= 4 is 20.2 Å². The van der Waals surface area contributed by atoms with Crippen molar-refractivity contribution in [3.05, 3.63) is 24.3 Å². The van der Waals surface area contributed by atoms with Gasteiger partial charge < -0.3 is 8.37 Å². The van der Waals surface area contributed by atoms with E-state index in [1.165, 1.54) is 24.3 Å². The number of benzene rings is 1. The van der Waals surface area contributed by atoms with Crippen LogP contribution in [0.1, 0.15) is 19.8 Å². The molecular formula is C11H16O6S2. The molecule has 0 aromatic heterocycles. The van der Waals surface area contributed by atoms with Crippen LogP contribution in [-0.4, -0.2) is 28.8 Å². The van der Waals surface area contributed by atoms with Crippen LogP contribution in [0.25, 0.3) is 0 Å². The van der Waals surface area contributed by atoms with Crippen LogP contribution in [-0.2, 0) is 20.2 Å². The molecule has 0 radical (unpaired) electrons. The van der Waals surface area contributed by atoms with Gasteiger partial charge in [0.05, 0.1) is 12.0 Å². The SMILES string of the molecule is CCCCS(=O)(=O)Oc1ccccc1OS(C)(=O)=O. The van der Waals surface area contributed by atoms with Gasteiger partial charge in [-0.3, -0.25) is 0 Å². The lowest BCUT2D eigenvalue weighted by molar-refractivity contribution is 0.451. The molecule has 0 N–H and O–H groups in total. The highest BCUT2D eigenvalue weighted by Gasteiger charge is 2.17. The van der Waals surface area contributed by atoms with E-state index in [2.05, 4.69) is 4.18 Å². The summed E-state index contributed by atoms with van der Waals surface area (Å²) in [6.07, 6.45) is 2.05. The van der Waals surface area contributed by atoms with Crippen LogP contribution in [0.2, 0.25) is 0 Å². The largest absolute Gasteiger partial charge is 0.379 e. The number of hydrogen-bond acceptors (Lipinski definition) is 6. The molecule has 1 aromatic carbocycles. The second-order valence-electron chi connectivity index (χ2n) is 3.93. The normalized spacial score (nSPS) is 12.1. The number of rotatable bonds is 7. The van der Waals surface area contributed by atoms with Gasteiger partial charge in [-0.2, -0.15) is 16.8 Å². The van der Waals surface area contributed by atoms with Crippen LogP contribution in [0, 0.1) is 0 Å². The van der Waals surface area contributed by atoms with Gasteiger partial charge in [0.15, 0.2) is 11.5 Å². The summed E-state index contributed by atoms with van der Waals surface area (Å²) in [6, 6.07) is 5.71. The molecule has 0 saturated heterocycles. The van der Waals surface area contributed by atoms with Gasteiger partial charge in [0, 0.05) is 0 Å². The Hall–Kier alpha value is -1.28. The predicted octanol–water partition coefficient (Wildman–Crippen LogP) is 1.53. The lowest BCUT2D eigenvalue weighted by atomic mass is 10.3. The molecule has 0 saturated carbocycles. The zero-order chi connectivity index (χ0) is 14.5. The molecule has 0 aliphatic rings. The van der Waals surface area contributed by atoms with Crippen LogP contribution in [0.4, 0.5) is 0 Å². The molecular weight excluding hydrogens is 292 g/mol. The van der Waals surface area contributed by atoms with Gasteiger partial charge in [-0.1, -0.05) is 25.5 Å². The lowest BCUT2D eigenvalue weighted by Gasteiger charge is -2.10. The number of hydrogen-bond donors (Lipinski definition) is 0. The Morgan fingerprint density at radius 3 is 2.00 bits per heavy atom. The molecule has 1 rings (SSSR count). The first kappa shape index (κ1) is 15.8. The third-order valence-corrected chi connectivity index (χ3v) is 3.76. The Bertz CT molecular complexity index is 618. The molecule has 0 aliphatic heterocycles. The van der Waals surface area contributed by atoms with Crippen LogP contribution < -0.4 is 8.37 Å². The Morgan fingerprint density at radius 1 is 1.00 bits per heavy atom. The smallest absolute Gasteiger partial charge is 0.309 e. The van der Waals surface area contributed by atoms with E-state index in [0.29, 0.717) is 12.8 Å². The van der Waals surface area contributed by atoms with Gasteiger partial charge in [-0.25, -0.2) is 0 Å². The molecule has 0 bridgehead atoms. The molecule has 108 valence electrons. The molecule has 1 aromatic rings. The first-order valence-electron chi connectivity index (χ1n) is 5.64. The summed E-state index contributed by atoms with van der Waals surface area (Å²) in [5, 5.41) is 0. The molecule has 0 heterocycles. The van der Waals surface area contributed by atoms with Crippen molar-refractivity contribution in [2.24, 2.45) is 0 Å². The number of unbranched alkanes of at least 4 members (excludes halogenated alkanes) is 1. The highest BCUT2D eigenvalue weighted by molar-refractivity contribution is 7.87. The van der Waals surface area contributed by atoms with E-state index in [1.807, 2.05) is 6.92 Å². The fourth-order valence-electron chi connectivity index (χ4n) is 1.25. The van der Waals surface area contributed by atoms with E-state index < -0.39 is 20.2 Å². The zero-order valence-corrected chi connectivity index (χ0v) is 12.3. The fraction of sp³-hybridized carbons (Fsp3) is 0.455. The van der Waals surface area contributed by atoms with E-state index in [1.54, 1.807) is 0 Å². The van der Waals surface area contributed by atoms with Gasteiger partial charge in [-0.05, 0) is 18.6 Å². The van der Waals surface area contributed by atoms with Crippen molar-refractivity contribution in [2.45, 2.75) is 19.8 Å². The maximum atomic E-state index is 11.6. The van der Waals surface area contributed by atoms with Crippen molar-refractivity contribution in [3.8, 4) is 11.5 Å². The minimum absolute atomic E-state index is 0.128. The maximum absolute atomic E-state index is 11.6. The molecule has 19 heavy (non-hydrogen) atoms. The third kappa shape index (κ3) is 5.93. The van der Waals surface area contributed by atoms with Gasteiger partial charge in [0.2, 0.25) is 0 Å². The zero-order valence-electron chi connectivity index (χ0n) is 10.7. The number of para-hydroxylation sites is 2. The van der Waals surface area contributed by atoms with Gasteiger partial charge in [0.25, 0.3) is 0 Å². The second-order valence-corrected chi connectivity index (χ2v) is 7.20. The lowest BCUT2D eigenvalue weighted by Crippen LogP contribution is -2.15. The summed E-state index contributed by atoms with van der Waals surface area (Å²) in [7, 11) is -7.50. The van der Waals surface area contributed by atoms with Crippen LogP contribution in [0.5, 0.6) is 11.5 Å². The van der Waals surface area contributed by atoms with Crippen molar-refractivity contribution in [2.75, 3.05) is 12.0 Å². The average molecular weight is 308 g/mol. The summed E-state index contributed by atoms with van der Waals surface area (Å²) < 4.78 is 55.0. The third-order valence-electron chi connectivity index (χ3n) is 2.05. The Labute approximate surface area is 113 Å². The van der Waals surface area contributed by atoms with Crippen molar-refractivity contribution in [1.29, 1.82) is 0 Å². The van der Waals surface area contributed by atoms with Crippen LogP contribution >= 0.6 is 0 Å². The van der Waals surface area contributed by atoms with Gasteiger partial charge in [0.1, 0.15) is 0 Å². The molecule has 0 fully saturated rings. The van der Waals surface area contributed by atoms with Crippen LogP contribution in [0.15, 0.2) is 24.3 Å². The van der Waals surface area contributed by atoms with E-state index in [0.717, 1.165) is 6.26 Å². The topological polar surface area (TPSA) is 86.7 Å². The molecule has 0 unspecified atom stereocenters. The summed E-state index contributed by atoms with van der Waals surface area (Å²) in [5.41, 5.74) is 0. The quantitative estimate of drug-likeness (QED) is 0.710. The summed E-state index contributed by atoms with van der Waals surface area (Å²) >= 11 is 0. The van der Waals surface area contributed by atoms with Crippen LogP contribution in [0.3, 0.4) is 0 Å². The van der Waals surface area contributed by atoms with E-state index in [-0.39, 0.29) is 17.3 Å². The fourth-order valence-corrected chi connectivity index (χ4v) is 2.85. The average Bonchev–Trinajstić information content (AvgIpc) is 2.27. The summed E-state index contributed by atoms with van der Waals surface area (Å²) in [6.45, 7) is 1.86. The minimum atomic E-state index is -3.75. The molecule has 6 nitrogen and oxygen atoms in total. The van der Waals surface area contributed by atoms with Gasteiger partial charge >= 0.3 is 20.2 Å². The Kier molecular flexibility index (Phi) is 5.19. The van der Waals surface area contributed by atoms with Crippen molar-refractivity contribution in [3.63, 3.8) is 0 Å². The highest BCUT2D eigenvalue weighted by Crippen LogP contribution is 2.29. The molecule has 0 atom stereocenters.